The van der Waals surface area contributed by atoms with Crippen molar-refractivity contribution >= 4 is 11.7 Å². The van der Waals surface area contributed by atoms with E-state index in [1.807, 2.05) is 37.3 Å². The highest BCUT2D eigenvalue weighted by molar-refractivity contribution is 6.01. The molecule has 2 aromatic carbocycles. The van der Waals surface area contributed by atoms with Crippen LogP contribution in [0, 0.1) is 6.92 Å². The van der Waals surface area contributed by atoms with E-state index in [0.717, 1.165) is 33.7 Å². The monoisotopic (exact) mass is 446 g/mol. The van der Waals surface area contributed by atoms with Crippen molar-refractivity contribution in [1.29, 1.82) is 0 Å². The fourth-order valence-electron chi connectivity index (χ4n) is 5.10. The van der Waals surface area contributed by atoms with Gasteiger partial charge < -0.3 is 24.1 Å². The smallest absolute Gasteiger partial charge is 0.233 e. The van der Waals surface area contributed by atoms with Crippen molar-refractivity contribution in [1.82, 2.24) is 5.16 Å². The molecule has 1 aliphatic carbocycles. The van der Waals surface area contributed by atoms with Crippen LogP contribution in [-0.4, -0.2) is 32.3 Å². The maximum Gasteiger partial charge on any atom is 0.233 e. The van der Waals surface area contributed by atoms with Crippen LogP contribution in [0.3, 0.4) is 0 Å². The average Bonchev–Trinajstić information content (AvgIpc) is 3.22. The van der Waals surface area contributed by atoms with Gasteiger partial charge in [0.15, 0.2) is 17.3 Å². The van der Waals surface area contributed by atoms with E-state index in [9.17, 15) is 4.79 Å². The van der Waals surface area contributed by atoms with Gasteiger partial charge in [0.2, 0.25) is 11.6 Å². The summed E-state index contributed by atoms with van der Waals surface area (Å²) in [6, 6.07) is 13.9. The molecule has 1 N–H and O–H groups in total. The number of allylic oxidation sites excluding steroid dienone is 2. The molecule has 0 fully saturated rings. The van der Waals surface area contributed by atoms with Crippen LogP contribution in [0.5, 0.6) is 17.2 Å². The van der Waals surface area contributed by atoms with Gasteiger partial charge in [0, 0.05) is 23.3 Å². The predicted octanol–water partition coefficient (Wildman–Crippen LogP) is 4.97. The number of carbonyl (C=O) groups is 1. The first-order valence-electron chi connectivity index (χ1n) is 10.9. The van der Waals surface area contributed by atoms with E-state index in [-0.39, 0.29) is 17.6 Å². The summed E-state index contributed by atoms with van der Waals surface area (Å²) in [4.78, 5) is 13.7. The van der Waals surface area contributed by atoms with Gasteiger partial charge in [-0.2, -0.15) is 0 Å². The van der Waals surface area contributed by atoms with Crippen molar-refractivity contribution in [2.24, 2.45) is 0 Å². The van der Waals surface area contributed by atoms with Crippen LogP contribution in [0.2, 0.25) is 0 Å². The Morgan fingerprint density at radius 2 is 1.73 bits per heavy atom. The molecule has 2 aliphatic rings. The van der Waals surface area contributed by atoms with Crippen molar-refractivity contribution in [3.8, 4) is 17.2 Å². The molecule has 1 aromatic heterocycles. The molecule has 3 aromatic rings. The van der Waals surface area contributed by atoms with Gasteiger partial charge in [0.1, 0.15) is 0 Å². The summed E-state index contributed by atoms with van der Waals surface area (Å²) >= 11 is 0. The van der Waals surface area contributed by atoms with E-state index in [4.69, 9.17) is 18.7 Å². The van der Waals surface area contributed by atoms with Crippen molar-refractivity contribution in [3.05, 3.63) is 76.1 Å². The highest BCUT2D eigenvalue weighted by atomic mass is 16.5. The molecule has 0 bridgehead atoms. The SMILES string of the molecule is COc1ccc([C@H]2C3=C(C[C@H](c4ccccc4)CC3=O)Nc3onc(C)c32)c(OC)c1OC. The molecule has 0 spiro atoms. The number of ether oxygens (including phenoxy) is 3. The Morgan fingerprint density at radius 3 is 2.42 bits per heavy atom. The zero-order valence-corrected chi connectivity index (χ0v) is 19.1. The first-order valence-corrected chi connectivity index (χ1v) is 10.9. The molecule has 2 heterocycles. The zero-order valence-electron chi connectivity index (χ0n) is 19.1. The molecule has 7 heteroatoms. The van der Waals surface area contributed by atoms with Gasteiger partial charge in [0.05, 0.1) is 38.5 Å². The third kappa shape index (κ3) is 3.35. The van der Waals surface area contributed by atoms with Gasteiger partial charge in [-0.25, -0.2) is 0 Å². The molecule has 1 aliphatic heterocycles. The number of nitrogens with one attached hydrogen (secondary N) is 1. The zero-order chi connectivity index (χ0) is 23.1. The lowest BCUT2D eigenvalue weighted by Gasteiger charge is -2.35. The molecule has 0 radical (unpaired) electrons. The summed E-state index contributed by atoms with van der Waals surface area (Å²) in [6.07, 6.45) is 1.15. The van der Waals surface area contributed by atoms with E-state index >= 15 is 0 Å². The van der Waals surface area contributed by atoms with Gasteiger partial charge in [-0.1, -0.05) is 41.6 Å². The Kier molecular flexibility index (Phi) is 5.32. The van der Waals surface area contributed by atoms with Gasteiger partial charge >= 0.3 is 0 Å². The van der Waals surface area contributed by atoms with Crippen LogP contribution < -0.4 is 19.5 Å². The van der Waals surface area contributed by atoms with E-state index in [2.05, 4.69) is 22.6 Å². The number of methoxy groups -OCH3 is 3. The number of nitrogens with zero attached hydrogens (tertiary/aromatic N) is 1. The Hall–Kier alpha value is -3.74. The number of aryl methyl sites for hydroxylation is 1. The molecule has 7 nitrogen and oxygen atoms in total. The number of aromatic nitrogens is 1. The quantitative estimate of drug-likeness (QED) is 0.593. The van der Waals surface area contributed by atoms with E-state index in [1.165, 1.54) is 0 Å². The number of Topliss-reactive ketones (excluding diaryl/α,β-unsaturated/α-hetero) is 1. The third-order valence-corrected chi connectivity index (χ3v) is 6.57. The van der Waals surface area contributed by atoms with Crippen LogP contribution >= 0.6 is 0 Å². The Labute approximate surface area is 192 Å². The lowest BCUT2D eigenvalue weighted by molar-refractivity contribution is -0.116. The van der Waals surface area contributed by atoms with Gasteiger partial charge in [-0.15, -0.1) is 0 Å². The van der Waals surface area contributed by atoms with E-state index < -0.39 is 0 Å². The summed E-state index contributed by atoms with van der Waals surface area (Å²) in [7, 11) is 4.75. The first kappa shape index (κ1) is 21.1. The molecule has 0 amide bonds. The molecule has 5 rings (SSSR count). The number of fused-ring (bicyclic) bond motifs is 1. The van der Waals surface area contributed by atoms with Crippen LogP contribution in [0.1, 0.15) is 47.1 Å². The van der Waals surface area contributed by atoms with Crippen molar-refractivity contribution < 1.29 is 23.5 Å². The highest BCUT2D eigenvalue weighted by Crippen LogP contribution is 2.53. The predicted molar refractivity (Wildman–Crippen MR) is 123 cm³/mol. The largest absolute Gasteiger partial charge is 0.493 e. The fourth-order valence-corrected chi connectivity index (χ4v) is 5.10. The van der Waals surface area contributed by atoms with Gasteiger partial charge in [-0.3, -0.25) is 4.79 Å². The molecule has 0 saturated heterocycles. The third-order valence-electron chi connectivity index (χ3n) is 6.57. The summed E-state index contributed by atoms with van der Waals surface area (Å²) < 4.78 is 22.5. The summed E-state index contributed by atoms with van der Waals surface area (Å²) in [5.41, 5.74) is 5.12. The minimum Gasteiger partial charge on any atom is -0.493 e. The second-order valence-corrected chi connectivity index (χ2v) is 8.32. The van der Waals surface area contributed by atoms with Crippen molar-refractivity contribution in [3.63, 3.8) is 0 Å². The Bertz CT molecular complexity index is 1250. The molecule has 33 heavy (non-hydrogen) atoms. The second-order valence-electron chi connectivity index (χ2n) is 8.32. The molecular formula is C26H26N2O5. The van der Waals surface area contributed by atoms with Gasteiger partial charge in [0.25, 0.3) is 0 Å². The van der Waals surface area contributed by atoms with Gasteiger partial charge in [-0.05, 0) is 30.9 Å². The summed E-state index contributed by atoms with van der Waals surface area (Å²) in [6.45, 7) is 1.88. The fraction of sp³-hybridized carbons (Fsp3) is 0.308. The normalized spacial score (nSPS) is 19.5. The molecular weight excluding hydrogens is 420 g/mol. The minimum atomic E-state index is -0.388. The summed E-state index contributed by atoms with van der Waals surface area (Å²) in [5, 5.41) is 7.56. The number of anilines is 1. The number of hydrogen-bond donors (Lipinski definition) is 1. The standard InChI is InChI=1S/C26H26N2O5/c1-14-21-22(17-10-11-20(30-2)25(32-4)24(17)31-3)23-18(27-26(21)33-28-14)12-16(13-19(23)29)15-8-6-5-7-9-15/h5-11,16,22,27H,12-13H2,1-4H3/t16-,22+/m0/s1. The molecule has 0 saturated carbocycles. The minimum absolute atomic E-state index is 0.100. The van der Waals surface area contributed by atoms with Crippen LogP contribution in [0.15, 0.2) is 58.3 Å². The van der Waals surface area contributed by atoms with E-state index in [0.29, 0.717) is 36.0 Å². The van der Waals surface area contributed by atoms with Crippen LogP contribution in [-0.2, 0) is 4.79 Å². The van der Waals surface area contributed by atoms with E-state index in [1.54, 1.807) is 21.3 Å². The molecule has 170 valence electrons. The van der Waals surface area contributed by atoms with Crippen molar-refractivity contribution in [2.75, 3.05) is 26.6 Å². The molecule has 0 unspecified atom stereocenters. The number of carbonyl (C=O) groups excluding carboxylic acids is 1. The lowest BCUT2D eigenvalue weighted by atomic mass is 9.72. The van der Waals surface area contributed by atoms with Crippen molar-refractivity contribution in [2.45, 2.75) is 31.6 Å². The lowest BCUT2D eigenvalue weighted by Crippen LogP contribution is -2.29. The summed E-state index contributed by atoms with van der Waals surface area (Å²) in [5.74, 6) is 1.95. The number of benzene rings is 2. The van der Waals surface area contributed by atoms with Crippen LogP contribution in [0.25, 0.3) is 0 Å². The number of ketones is 1. The number of rotatable bonds is 5. The first-order chi connectivity index (χ1) is 16.1. The maximum absolute atomic E-state index is 13.7. The maximum atomic E-state index is 13.7. The second kappa shape index (κ2) is 8.31. The molecule has 2 atom stereocenters. The Morgan fingerprint density at radius 1 is 0.970 bits per heavy atom. The Balaban J connectivity index is 1.69. The average molecular weight is 447 g/mol. The highest BCUT2D eigenvalue weighted by Gasteiger charge is 2.42. The van der Waals surface area contributed by atoms with Crippen LogP contribution in [0.4, 0.5) is 5.88 Å². The topological polar surface area (TPSA) is 82.8 Å². The number of hydrogen-bond acceptors (Lipinski definition) is 7.